The number of phenolic OH excluding ortho intramolecular Hbond substituents is 1. The van der Waals surface area contributed by atoms with Gasteiger partial charge < -0.3 is 9.84 Å². The molecule has 0 atom stereocenters. The lowest BCUT2D eigenvalue weighted by Gasteiger charge is -2.06. The number of ether oxygens (including phenoxy) is 1. The number of benzene rings is 1. The van der Waals surface area contributed by atoms with Crippen molar-refractivity contribution < 1.29 is 14.6 Å². The average molecular weight is 264 g/mol. The number of methoxy groups -OCH3 is 1. The van der Waals surface area contributed by atoms with E-state index in [-0.39, 0.29) is 5.75 Å². The molecule has 106 valence electrons. The monoisotopic (exact) mass is 264 g/mol. The number of aryl methyl sites for hydroxylation is 1. The third-order valence-corrected chi connectivity index (χ3v) is 3.25. The van der Waals surface area contributed by atoms with Crippen LogP contribution in [0, 0.1) is 0 Å². The molecule has 0 spiro atoms. The summed E-state index contributed by atoms with van der Waals surface area (Å²) in [7, 11) is 1.53. The zero-order valence-corrected chi connectivity index (χ0v) is 11.9. The number of hydrogen-bond acceptors (Lipinski definition) is 3. The van der Waals surface area contributed by atoms with Gasteiger partial charge in [0.15, 0.2) is 11.5 Å². The van der Waals surface area contributed by atoms with E-state index in [2.05, 4.69) is 6.92 Å². The first-order chi connectivity index (χ1) is 9.17. The van der Waals surface area contributed by atoms with Gasteiger partial charge in [-0.25, -0.2) is 0 Å². The van der Waals surface area contributed by atoms with Gasteiger partial charge in [0, 0.05) is 12.8 Å². The normalized spacial score (nSPS) is 10.4. The Morgan fingerprint density at radius 2 is 2.00 bits per heavy atom. The average Bonchev–Trinajstić information content (AvgIpc) is 2.42. The third kappa shape index (κ3) is 5.77. The SMILES string of the molecule is CCCCCCC(=O)CCc1ccc(O)c(OC)c1. The first-order valence-electron chi connectivity index (χ1n) is 7.05. The van der Waals surface area contributed by atoms with Crippen LogP contribution in [0.15, 0.2) is 18.2 Å². The van der Waals surface area contributed by atoms with Crippen LogP contribution in [0.3, 0.4) is 0 Å². The van der Waals surface area contributed by atoms with Crippen molar-refractivity contribution >= 4 is 5.78 Å². The van der Waals surface area contributed by atoms with Gasteiger partial charge in [0.05, 0.1) is 7.11 Å². The Labute approximate surface area is 115 Å². The van der Waals surface area contributed by atoms with Crippen LogP contribution in [-0.4, -0.2) is 18.0 Å². The van der Waals surface area contributed by atoms with Crippen LogP contribution >= 0.6 is 0 Å². The van der Waals surface area contributed by atoms with E-state index in [0.29, 0.717) is 30.8 Å². The first kappa shape index (κ1) is 15.5. The minimum atomic E-state index is 0.136. The third-order valence-electron chi connectivity index (χ3n) is 3.25. The summed E-state index contributed by atoms with van der Waals surface area (Å²) in [4.78, 5) is 11.7. The topological polar surface area (TPSA) is 46.5 Å². The van der Waals surface area contributed by atoms with Crippen molar-refractivity contribution in [2.45, 2.75) is 51.9 Å². The number of carbonyl (C=O) groups excluding carboxylic acids is 1. The molecule has 1 aromatic rings. The largest absolute Gasteiger partial charge is 0.504 e. The Morgan fingerprint density at radius 1 is 1.21 bits per heavy atom. The fourth-order valence-electron chi connectivity index (χ4n) is 2.04. The summed E-state index contributed by atoms with van der Waals surface area (Å²) in [5, 5.41) is 9.49. The molecule has 0 unspecified atom stereocenters. The summed E-state index contributed by atoms with van der Waals surface area (Å²) in [6.07, 6.45) is 6.53. The molecule has 3 nitrogen and oxygen atoms in total. The van der Waals surface area contributed by atoms with E-state index in [1.807, 2.05) is 6.07 Å². The van der Waals surface area contributed by atoms with Gasteiger partial charge in [0.2, 0.25) is 0 Å². The molecule has 0 aliphatic heterocycles. The van der Waals surface area contributed by atoms with Crippen LogP contribution in [0.5, 0.6) is 11.5 Å². The number of rotatable bonds is 9. The molecule has 0 radical (unpaired) electrons. The minimum absolute atomic E-state index is 0.136. The Bertz CT molecular complexity index is 399. The molecule has 3 heteroatoms. The van der Waals surface area contributed by atoms with Crippen molar-refractivity contribution in [3.63, 3.8) is 0 Å². The highest BCUT2D eigenvalue weighted by molar-refractivity contribution is 5.78. The molecule has 0 fully saturated rings. The summed E-state index contributed by atoms with van der Waals surface area (Å²) in [5.74, 6) is 0.924. The predicted octanol–water partition coefficient (Wildman–Crippen LogP) is 3.87. The van der Waals surface area contributed by atoms with E-state index >= 15 is 0 Å². The fraction of sp³-hybridized carbons (Fsp3) is 0.562. The van der Waals surface area contributed by atoms with Crippen LogP contribution in [-0.2, 0) is 11.2 Å². The highest BCUT2D eigenvalue weighted by Crippen LogP contribution is 2.26. The Kier molecular flexibility index (Phi) is 7.01. The van der Waals surface area contributed by atoms with Gasteiger partial charge in [-0.2, -0.15) is 0 Å². The van der Waals surface area contributed by atoms with Crippen molar-refractivity contribution in [1.29, 1.82) is 0 Å². The quantitative estimate of drug-likeness (QED) is 0.689. The molecule has 1 aromatic carbocycles. The maximum Gasteiger partial charge on any atom is 0.160 e. The molecule has 0 aliphatic carbocycles. The van der Waals surface area contributed by atoms with E-state index < -0.39 is 0 Å². The Balaban J connectivity index is 2.33. The second-order valence-electron chi connectivity index (χ2n) is 4.86. The number of aromatic hydroxyl groups is 1. The van der Waals surface area contributed by atoms with Crippen LogP contribution in [0.25, 0.3) is 0 Å². The molecule has 0 saturated carbocycles. The molecular weight excluding hydrogens is 240 g/mol. The van der Waals surface area contributed by atoms with Gasteiger partial charge in [-0.1, -0.05) is 32.3 Å². The van der Waals surface area contributed by atoms with E-state index in [1.54, 1.807) is 12.1 Å². The molecule has 0 aliphatic rings. The van der Waals surface area contributed by atoms with E-state index in [0.717, 1.165) is 18.4 Å². The van der Waals surface area contributed by atoms with Gasteiger partial charge in [0.25, 0.3) is 0 Å². The Morgan fingerprint density at radius 3 is 2.68 bits per heavy atom. The number of unbranched alkanes of at least 4 members (excludes halogenated alkanes) is 3. The van der Waals surface area contributed by atoms with Crippen molar-refractivity contribution in [2.75, 3.05) is 7.11 Å². The molecule has 0 amide bonds. The summed E-state index contributed by atoms with van der Waals surface area (Å²) in [6.45, 7) is 2.17. The van der Waals surface area contributed by atoms with Crippen LogP contribution < -0.4 is 4.74 Å². The number of carbonyl (C=O) groups is 1. The van der Waals surface area contributed by atoms with Crippen LogP contribution in [0.2, 0.25) is 0 Å². The van der Waals surface area contributed by atoms with Crippen molar-refractivity contribution in [1.82, 2.24) is 0 Å². The predicted molar refractivity (Wildman–Crippen MR) is 76.7 cm³/mol. The van der Waals surface area contributed by atoms with Crippen LogP contribution in [0.4, 0.5) is 0 Å². The van der Waals surface area contributed by atoms with Gasteiger partial charge in [0.1, 0.15) is 5.78 Å². The smallest absolute Gasteiger partial charge is 0.160 e. The molecule has 0 bridgehead atoms. The summed E-state index contributed by atoms with van der Waals surface area (Å²) >= 11 is 0. The number of hydrogen-bond donors (Lipinski definition) is 1. The maximum absolute atomic E-state index is 11.7. The van der Waals surface area contributed by atoms with Crippen molar-refractivity contribution in [3.05, 3.63) is 23.8 Å². The van der Waals surface area contributed by atoms with Gasteiger partial charge >= 0.3 is 0 Å². The zero-order valence-electron chi connectivity index (χ0n) is 11.9. The highest BCUT2D eigenvalue weighted by atomic mass is 16.5. The maximum atomic E-state index is 11.7. The van der Waals surface area contributed by atoms with E-state index in [9.17, 15) is 9.90 Å². The molecule has 1 rings (SSSR count). The molecule has 1 N–H and O–H groups in total. The molecule has 0 aromatic heterocycles. The lowest BCUT2D eigenvalue weighted by atomic mass is 10.0. The van der Waals surface area contributed by atoms with Gasteiger partial charge in [-0.15, -0.1) is 0 Å². The molecular formula is C16H24O3. The minimum Gasteiger partial charge on any atom is -0.504 e. The van der Waals surface area contributed by atoms with Gasteiger partial charge in [-0.3, -0.25) is 4.79 Å². The summed E-state index contributed by atoms with van der Waals surface area (Å²) in [6, 6.07) is 5.24. The van der Waals surface area contributed by atoms with Crippen molar-refractivity contribution in [2.24, 2.45) is 0 Å². The van der Waals surface area contributed by atoms with Crippen LogP contribution in [0.1, 0.15) is 51.0 Å². The standard InChI is InChI=1S/C16H24O3/c1-3-4-5-6-7-14(17)10-8-13-9-11-15(18)16(12-13)19-2/h9,11-12,18H,3-8,10H2,1-2H3. The van der Waals surface area contributed by atoms with Gasteiger partial charge in [-0.05, 0) is 30.5 Å². The lowest BCUT2D eigenvalue weighted by Crippen LogP contribution is -2.00. The number of Topliss-reactive ketones (excluding diaryl/α,β-unsaturated/α-hetero) is 1. The number of ketones is 1. The highest BCUT2D eigenvalue weighted by Gasteiger charge is 2.06. The summed E-state index contributed by atoms with van der Waals surface area (Å²) in [5.41, 5.74) is 1.02. The lowest BCUT2D eigenvalue weighted by molar-refractivity contribution is -0.119. The number of phenols is 1. The second-order valence-corrected chi connectivity index (χ2v) is 4.86. The molecule has 0 saturated heterocycles. The molecule has 0 heterocycles. The fourth-order valence-corrected chi connectivity index (χ4v) is 2.04. The first-order valence-corrected chi connectivity index (χ1v) is 7.05. The Hall–Kier alpha value is -1.51. The molecule has 19 heavy (non-hydrogen) atoms. The summed E-state index contributed by atoms with van der Waals surface area (Å²) < 4.78 is 5.05. The second kappa shape index (κ2) is 8.57. The van der Waals surface area contributed by atoms with E-state index in [1.165, 1.54) is 20.0 Å². The van der Waals surface area contributed by atoms with Crippen molar-refractivity contribution in [3.8, 4) is 11.5 Å². The van der Waals surface area contributed by atoms with E-state index in [4.69, 9.17) is 4.74 Å². The zero-order chi connectivity index (χ0) is 14.1.